The van der Waals surface area contributed by atoms with E-state index >= 15 is 0 Å². The van der Waals surface area contributed by atoms with Crippen LogP contribution in [0.4, 0.5) is 4.39 Å². The second kappa shape index (κ2) is 8.20. The lowest BCUT2D eigenvalue weighted by Gasteiger charge is -2.14. The molecule has 2 nitrogen and oxygen atoms in total. The molecule has 0 aromatic heterocycles. The fourth-order valence-electron chi connectivity index (χ4n) is 1.97. The average Bonchev–Trinajstić information content (AvgIpc) is 2.49. The van der Waals surface area contributed by atoms with E-state index in [1.807, 2.05) is 25.1 Å². The van der Waals surface area contributed by atoms with Gasteiger partial charge in [0.2, 0.25) is 5.91 Å². The van der Waals surface area contributed by atoms with Crippen molar-refractivity contribution >= 4 is 29.3 Å². The molecule has 0 saturated heterocycles. The highest BCUT2D eigenvalue weighted by Gasteiger charge is 2.09. The Labute approximate surface area is 139 Å². The molecule has 0 fully saturated rings. The molecule has 0 aliphatic heterocycles. The maximum atomic E-state index is 12.8. The second-order valence-electron chi connectivity index (χ2n) is 4.90. The highest BCUT2D eigenvalue weighted by atomic mass is 35.5. The zero-order valence-electron chi connectivity index (χ0n) is 12.2. The number of carbonyl (C=O) groups is 1. The largest absolute Gasteiger partial charge is 0.350 e. The van der Waals surface area contributed by atoms with E-state index in [0.29, 0.717) is 17.2 Å². The van der Waals surface area contributed by atoms with E-state index in [-0.39, 0.29) is 17.8 Å². The molecule has 2 aromatic rings. The van der Waals surface area contributed by atoms with Gasteiger partial charge in [-0.15, -0.1) is 11.8 Å². The van der Waals surface area contributed by atoms with Gasteiger partial charge in [-0.3, -0.25) is 4.79 Å². The number of amides is 1. The van der Waals surface area contributed by atoms with Crippen molar-refractivity contribution in [1.29, 1.82) is 0 Å². The van der Waals surface area contributed by atoms with Gasteiger partial charge in [-0.25, -0.2) is 4.39 Å². The third-order valence-corrected chi connectivity index (χ3v) is 4.39. The van der Waals surface area contributed by atoms with Crippen molar-refractivity contribution in [3.8, 4) is 0 Å². The minimum atomic E-state index is -0.252. The normalized spacial score (nSPS) is 12.0. The Morgan fingerprint density at radius 2 is 2.00 bits per heavy atom. The molecule has 1 N–H and O–H groups in total. The summed E-state index contributed by atoms with van der Waals surface area (Å²) in [6.45, 7) is 1.93. The van der Waals surface area contributed by atoms with Gasteiger partial charge >= 0.3 is 0 Å². The van der Waals surface area contributed by atoms with E-state index in [0.717, 1.165) is 10.5 Å². The molecule has 0 aliphatic rings. The molecule has 0 bridgehead atoms. The number of hydrogen-bond acceptors (Lipinski definition) is 2. The SMILES string of the molecule is C[C@@H](NC(=O)CCSc1ccc(F)cc1)c1cccc(Cl)c1. The summed E-state index contributed by atoms with van der Waals surface area (Å²) >= 11 is 7.48. The molecular weight excluding hydrogens is 321 g/mol. The minimum absolute atomic E-state index is 0.0120. The van der Waals surface area contributed by atoms with Crippen LogP contribution in [0.25, 0.3) is 0 Å². The van der Waals surface area contributed by atoms with Gasteiger partial charge in [-0.1, -0.05) is 23.7 Å². The Kier molecular flexibility index (Phi) is 6.28. The van der Waals surface area contributed by atoms with Crippen LogP contribution in [0.2, 0.25) is 5.02 Å². The van der Waals surface area contributed by atoms with E-state index in [1.165, 1.54) is 23.9 Å². The first kappa shape index (κ1) is 16.8. The number of thioether (sulfide) groups is 1. The zero-order valence-corrected chi connectivity index (χ0v) is 13.8. The van der Waals surface area contributed by atoms with Crippen LogP contribution in [-0.2, 0) is 4.79 Å². The third kappa shape index (κ3) is 5.35. The molecule has 0 aliphatic carbocycles. The van der Waals surface area contributed by atoms with Crippen LogP contribution >= 0.6 is 23.4 Å². The van der Waals surface area contributed by atoms with E-state index in [4.69, 9.17) is 11.6 Å². The monoisotopic (exact) mass is 337 g/mol. The Bertz CT molecular complexity index is 633. The predicted octanol–water partition coefficient (Wildman–Crippen LogP) is 4.84. The van der Waals surface area contributed by atoms with Crippen molar-refractivity contribution in [3.05, 3.63) is 64.9 Å². The molecule has 0 radical (unpaired) electrons. The topological polar surface area (TPSA) is 29.1 Å². The predicted molar refractivity (Wildman–Crippen MR) is 89.8 cm³/mol. The maximum absolute atomic E-state index is 12.8. The summed E-state index contributed by atoms with van der Waals surface area (Å²) < 4.78 is 12.8. The second-order valence-corrected chi connectivity index (χ2v) is 6.50. The number of benzene rings is 2. The summed E-state index contributed by atoms with van der Waals surface area (Å²) in [6, 6.07) is 13.6. The number of rotatable bonds is 6. The van der Waals surface area contributed by atoms with Gasteiger partial charge in [0.25, 0.3) is 0 Å². The number of nitrogens with one attached hydrogen (secondary N) is 1. The van der Waals surface area contributed by atoms with Crippen LogP contribution in [0.3, 0.4) is 0 Å². The molecule has 1 amide bonds. The van der Waals surface area contributed by atoms with Gasteiger partial charge in [0.1, 0.15) is 5.82 Å². The van der Waals surface area contributed by atoms with E-state index in [1.54, 1.807) is 18.2 Å². The van der Waals surface area contributed by atoms with Gasteiger partial charge < -0.3 is 5.32 Å². The summed E-state index contributed by atoms with van der Waals surface area (Å²) in [6.07, 6.45) is 0.410. The summed E-state index contributed by atoms with van der Waals surface area (Å²) in [7, 11) is 0. The molecule has 2 rings (SSSR count). The van der Waals surface area contributed by atoms with Crippen molar-refractivity contribution in [1.82, 2.24) is 5.32 Å². The van der Waals surface area contributed by atoms with Crippen LogP contribution in [-0.4, -0.2) is 11.7 Å². The van der Waals surface area contributed by atoms with Crippen molar-refractivity contribution in [2.75, 3.05) is 5.75 Å². The number of halogens is 2. The first-order valence-electron chi connectivity index (χ1n) is 6.98. The smallest absolute Gasteiger partial charge is 0.221 e. The summed E-state index contributed by atoms with van der Waals surface area (Å²) in [5.74, 6) is 0.388. The maximum Gasteiger partial charge on any atom is 0.221 e. The van der Waals surface area contributed by atoms with Crippen molar-refractivity contribution in [2.24, 2.45) is 0 Å². The number of carbonyl (C=O) groups excluding carboxylic acids is 1. The van der Waals surface area contributed by atoms with Gasteiger partial charge in [-0.2, -0.15) is 0 Å². The lowest BCUT2D eigenvalue weighted by atomic mass is 10.1. The summed E-state index contributed by atoms with van der Waals surface area (Å²) in [4.78, 5) is 12.9. The standard InChI is InChI=1S/C17H17ClFNOS/c1-12(13-3-2-4-14(18)11-13)20-17(21)9-10-22-16-7-5-15(19)6-8-16/h2-8,11-12H,9-10H2,1H3,(H,20,21)/t12-/m1/s1. The Morgan fingerprint density at radius 3 is 2.68 bits per heavy atom. The van der Waals surface area contributed by atoms with Crippen LogP contribution in [0.15, 0.2) is 53.4 Å². The minimum Gasteiger partial charge on any atom is -0.350 e. The van der Waals surface area contributed by atoms with E-state index in [2.05, 4.69) is 5.32 Å². The molecule has 0 heterocycles. The summed E-state index contributed by atoms with van der Waals surface area (Å²) in [5.41, 5.74) is 0.979. The highest BCUT2D eigenvalue weighted by molar-refractivity contribution is 7.99. The van der Waals surface area contributed by atoms with E-state index in [9.17, 15) is 9.18 Å². The fourth-order valence-corrected chi connectivity index (χ4v) is 3.02. The molecule has 22 heavy (non-hydrogen) atoms. The first-order chi connectivity index (χ1) is 10.5. The molecule has 0 saturated carbocycles. The van der Waals surface area contributed by atoms with Gasteiger partial charge in [0.05, 0.1) is 6.04 Å². The van der Waals surface area contributed by atoms with Crippen molar-refractivity contribution in [3.63, 3.8) is 0 Å². The quantitative estimate of drug-likeness (QED) is 0.764. The van der Waals surface area contributed by atoms with Crippen LogP contribution < -0.4 is 5.32 Å². The molecule has 0 spiro atoms. The zero-order chi connectivity index (χ0) is 15.9. The van der Waals surface area contributed by atoms with E-state index < -0.39 is 0 Å². The molecule has 0 unspecified atom stereocenters. The summed E-state index contributed by atoms with van der Waals surface area (Å²) in [5, 5.41) is 3.61. The molecule has 1 atom stereocenters. The average molecular weight is 338 g/mol. The van der Waals surface area contributed by atoms with Gasteiger partial charge in [0, 0.05) is 22.1 Å². The van der Waals surface area contributed by atoms with Gasteiger partial charge in [-0.05, 0) is 48.9 Å². The lowest BCUT2D eigenvalue weighted by molar-refractivity contribution is -0.121. The third-order valence-electron chi connectivity index (χ3n) is 3.14. The molecule has 5 heteroatoms. The Balaban J connectivity index is 1.76. The Hall–Kier alpha value is -1.52. The Morgan fingerprint density at radius 1 is 1.27 bits per heavy atom. The number of hydrogen-bond donors (Lipinski definition) is 1. The fraction of sp³-hybridized carbons (Fsp3) is 0.235. The van der Waals surface area contributed by atoms with Crippen LogP contribution in [0, 0.1) is 5.82 Å². The first-order valence-corrected chi connectivity index (χ1v) is 8.34. The lowest BCUT2D eigenvalue weighted by Crippen LogP contribution is -2.26. The van der Waals surface area contributed by atoms with Crippen molar-refractivity contribution < 1.29 is 9.18 Å². The highest BCUT2D eigenvalue weighted by Crippen LogP contribution is 2.20. The van der Waals surface area contributed by atoms with Gasteiger partial charge in [0.15, 0.2) is 0 Å². The molecular formula is C17H17ClFNOS. The molecule has 2 aromatic carbocycles. The molecule has 116 valence electrons. The van der Waals surface area contributed by atoms with Crippen molar-refractivity contribution in [2.45, 2.75) is 24.3 Å². The van der Waals surface area contributed by atoms with Crippen LogP contribution in [0.5, 0.6) is 0 Å². The van der Waals surface area contributed by atoms with Crippen LogP contribution in [0.1, 0.15) is 24.9 Å².